The number of hydrogen-bond donors (Lipinski definition) is 0. The Morgan fingerprint density at radius 3 is 2.90 bits per heavy atom. The molecule has 0 saturated heterocycles. The van der Waals surface area contributed by atoms with Crippen LogP contribution in [0.3, 0.4) is 0 Å². The summed E-state index contributed by atoms with van der Waals surface area (Å²) in [5.74, 6) is -0.228. The molecule has 0 N–H and O–H groups in total. The van der Waals surface area contributed by atoms with Crippen molar-refractivity contribution in [3.8, 4) is 5.75 Å². The third-order valence-corrected chi connectivity index (χ3v) is 3.89. The maximum absolute atomic E-state index is 14.1. The lowest BCUT2D eigenvalue weighted by Gasteiger charge is -2.09. The van der Waals surface area contributed by atoms with E-state index >= 15 is 0 Å². The van der Waals surface area contributed by atoms with Crippen LogP contribution in [0.15, 0.2) is 34.8 Å². The summed E-state index contributed by atoms with van der Waals surface area (Å²) in [5.41, 5.74) is 1.94. The van der Waals surface area contributed by atoms with Gasteiger partial charge < -0.3 is 4.74 Å². The summed E-state index contributed by atoms with van der Waals surface area (Å²) >= 11 is 3.39. The smallest absolute Gasteiger partial charge is 0.199 e. The number of benzene rings is 2. The standard InChI is InChI=1S/C16H12BrFO2/c1-9-3-2-4-12(14(9)18)15(19)13-8-11(17)7-10-5-6-20-16(10)13/h2-4,7-8H,5-6H2,1H3. The van der Waals surface area contributed by atoms with Crippen LogP contribution in [0.1, 0.15) is 27.0 Å². The minimum Gasteiger partial charge on any atom is -0.492 e. The normalized spacial score (nSPS) is 12.9. The van der Waals surface area contributed by atoms with E-state index in [1.165, 1.54) is 6.07 Å². The molecule has 1 aliphatic heterocycles. The van der Waals surface area contributed by atoms with Crippen molar-refractivity contribution >= 4 is 21.7 Å². The van der Waals surface area contributed by atoms with E-state index in [2.05, 4.69) is 15.9 Å². The van der Waals surface area contributed by atoms with Crippen molar-refractivity contribution in [2.75, 3.05) is 6.61 Å². The van der Waals surface area contributed by atoms with Crippen LogP contribution in [-0.4, -0.2) is 12.4 Å². The number of rotatable bonds is 2. The largest absolute Gasteiger partial charge is 0.492 e. The van der Waals surface area contributed by atoms with E-state index in [-0.39, 0.29) is 11.3 Å². The molecular formula is C16H12BrFO2. The summed E-state index contributed by atoms with van der Waals surface area (Å²) in [6, 6.07) is 8.46. The fraction of sp³-hybridized carbons (Fsp3) is 0.188. The van der Waals surface area contributed by atoms with Crippen LogP contribution in [0, 0.1) is 12.7 Å². The molecule has 0 unspecified atom stereocenters. The highest BCUT2D eigenvalue weighted by Gasteiger charge is 2.24. The fourth-order valence-electron chi connectivity index (χ4n) is 2.41. The first-order valence-electron chi connectivity index (χ1n) is 6.33. The molecule has 0 bridgehead atoms. The third-order valence-electron chi connectivity index (χ3n) is 3.43. The highest BCUT2D eigenvalue weighted by Crippen LogP contribution is 2.34. The van der Waals surface area contributed by atoms with Crippen LogP contribution in [-0.2, 0) is 6.42 Å². The van der Waals surface area contributed by atoms with E-state index < -0.39 is 5.82 Å². The molecular weight excluding hydrogens is 323 g/mol. The van der Waals surface area contributed by atoms with E-state index in [1.54, 1.807) is 25.1 Å². The number of aryl methyl sites for hydroxylation is 1. The Hall–Kier alpha value is -1.68. The summed E-state index contributed by atoms with van der Waals surface area (Å²) in [6.45, 7) is 2.20. The number of ether oxygens (including phenoxy) is 1. The fourth-order valence-corrected chi connectivity index (χ4v) is 2.91. The lowest BCUT2D eigenvalue weighted by molar-refractivity contribution is 0.103. The molecule has 2 aromatic rings. The average molecular weight is 335 g/mol. The highest BCUT2D eigenvalue weighted by molar-refractivity contribution is 9.10. The second-order valence-electron chi connectivity index (χ2n) is 4.81. The van der Waals surface area contributed by atoms with Gasteiger partial charge in [0.2, 0.25) is 0 Å². The highest BCUT2D eigenvalue weighted by atomic mass is 79.9. The van der Waals surface area contributed by atoms with Gasteiger partial charge in [0.1, 0.15) is 11.6 Å². The van der Waals surface area contributed by atoms with Crippen LogP contribution in [0.2, 0.25) is 0 Å². The molecule has 20 heavy (non-hydrogen) atoms. The monoisotopic (exact) mass is 334 g/mol. The number of halogens is 2. The van der Waals surface area contributed by atoms with E-state index in [0.29, 0.717) is 23.5 Å². The Kier molecular flexibility index (Phi) is 3.34. The Bertz CT molecular complexity index is 710. The molecule has 0 spiro atoms. The van der Waals surface area contributed by atoms with Crippen molar-refractivity contribution in [1.82, 2.24) is 0 Å². The van der Waals surface area contributed by atoms with E-state index in [0.717, 1.165) is 16.5 Å². The van der Waals surface area contributed by atoms with Crippen molar-refractivity contribution in [2.24, 2.45) is 0 Å². The van der Waals surface area contributed by atoms with Crippen LogP contribution in [0.4, 0.5) is 4.39 Å². The zero-order valence-electron chi connectivity index (χ0n) is 10.9. The molecule has 0 aliphatic carbocycles. The van der Waals surface area contributed by atoms with E-state index in [4.69, 9.17) is 4.74 Å². The Labute approximate surface area is 124 Å². The minimum atomic E-state index is -0.468. The molecule has 1 heterocycles. The summed E-state index contributed by atoms with van der Waals surface area (Å²) in [4.78, 5) is 12.6. The summed E-state index contributed by atoms with van der Waals surface area (Å²) in [6.07, 6.45) is 0.769. The molecule has 3 rings (SSSR count). The Balaban J connectivity index is 2.14. The van der Waals surface area contributed by atoms with Gasteiger partial charge in [0.05, 0.1) is 17.7 Å². The second kappa shape index (κ2) is 5.02. The first-order valence-corrected chi connectivity index (χ1v) is 7.12. The number of fused-ring (bicyclic) bond motifs is 1. The molecule has 0 aromatic heterocycles. The van der Waals surface area contributed by atoms with Gasteiger partial charge in [0, 0.05) is 10.9 Å². The van der Waals surface area contributed by atoms with Gasteiger partial charge in [-0.25, -0.2) is 4.39 Å². The molecule has 0 radical (unpaired) electrons. The van der Waals surface area contributed by atoms with Gasteiger partial charge in [-0.15, -0.1) is 0 Å². The van der Waals surface area contributed by atoms with Crippen LogP contribution in [0.25, 0.3) is 0 Å². The Morgan fingerprint density at radius 2 is 2.10 bits per heavy atom. The lowest BCUT2D eigenvalue weighted by Crippen LogP contribution is -2.07. The molecule has 102 valence electrons. The van der Waals surface area contributed by atoms with Gasteiger partial charge >= 0.3 is 0 Å². The van der Waals surface area contributed by atoms with Gasteiger partial charge in [-0.2, -0.15) is 0 Å². The maximum atomic E-state index is 14.1. The number of ketones is 1. The van der Waals surface area contributed by atoms with Crippen molar-refractivity contribution in [3.63, 3.8) is 0 Å². The zero-order valence-corrected chi connectivity index (χ0v) is 12.5. The topological polar surface area (TPSA) is 26.3 Å². The average Bonchev–Trinajstić information content (AvgIpc) is 2.88. The number of carbonyl (C=O) groups is 1. The number of hydrogen-bond acceptors (Lipinski definition) is 2. The van der Waals surface area contributed by atoms with Gasteiger partial charge in [0.15, 0.2) is 5.78 Å². The minimum absolute atomic E-state index is 0.0841. The summed E-state index contributed by atoms with van der Waals surface area (Å²) < 4.78 is 20.5. The van der Waals surface area contributed by atoms with Crippen molar-refractivity contribution in [1.29, 1.82) is 0 Å². The molecule has 0 atom stereocenters. The van der Waals surface area contributed by atoms with Crippen LogP contribution in [0.5, 0.6) is 5.75 Å². The first-order chi connectivity index (χ1) is 9.58. The van der Waals surface area contributed by atoms with Crippen molar-refractivity contribution < 1.29 is 13.9 Å². The van der Waals surface area contributed by atoms with Crippen LogP contribution >= 0.6 is 15.9 Å². The molecule has 0 amide bonds. The van der Waals surface area contributed by atoms with E-state index in [1.807, 2.05) is 6.07 Å². The maximum Gasteiger partial charge on any atom is 0.199 e. The van der Waals surface area contributed by atoms with Gasteiger partial charge in [-0.1, -0.05) is 28.1 Å². The number of carbonyl (C=O) groups excluding carboxylic acids is 1. The van der Waals surface area contributed by atoms with Crippen LogP contribution < -0.4 is 4.74 Å². The molecule has 1 aliphatic rings. The SMILES string of the molecule is Cc1cccc(C(=O)c2cc(Br)cc3c2OCC3)c1F. The van der Waals surface area contributed by atoms with Gasteiger partial charge in [-0.3, -0.25) is 4.79 Å². The molecule has 0 fully saturated rings. The zero-order chi connectivity index (χ0) is 14.3. The molecule has 2 nitrogen and oxygen atoms in total. The predicted octanol–water partition coefficient (Wildman–Crippen LogP) is 4.06. The lowest BCUT2D eigenvalue weighted by atomic mass is 9.98. The molecule has 4 heteroatoms. The predicted molar refractivity (Wildman–Crippen MR) is 77.9 cm³/mol. The Morgan fingerprint density at radius 1 is 1.30 bits per heavy atom. The first kappa shape index (κ1) is 13.3. The van der Waals surface area contributed by atoms with Crippen molar-refractivity contribution in [3.05, 3.63) is 62.9 Å². The van der Waals surface area contributed by atoms with Gasteiger partial charge in [-0.05, 0) is 36.2 Å². The summed E-state index contributed by atoms with van der Waals surface area (Å²) in [5, 5.41) is 0. The second-order valence-corrected chi connectivity index (χ2v) is 5.72. The molecule has 2 aromatic carbocycles. The van der Waals surface area contributed by atoms with Crippen molar-refractivity contribution in [2.45, 2.75) is 13.3 Å². The summed E-state index contributed by atoms with van der Waals surface area (Å²) in [7, 11) is 0. The van der Waals surface area contributed by atoms with E-state index in [9.17, 15) is 9.18 Å². The quantitative estimate of drug-likeness (QED) is 0.774. The third kappa shape index (κ3) is 2.14. The molecule has 0 saturated carbocycles. The van der Waals surface area contributed by atoms with Gasteiger partial charge in [0.25, 0.3) is 0 Å².